The Kier molecular flexibility index (Phi) is 5.68. The number of halogens is 1. The highest BCUT2D eigenvalue weighted by Crippen LogP contribution is 2.40. The minimum atomic E-state index is -0.469. The van der Waals surface area contributed by atoms with Gasteiger partial charge in [-0.1, -0.05) is 0 Å². The van der Waals surface area contributed by atoms with Crippen LogP contribution < -0.4 is 21.1 Å². The lowest BCUT2D eigenvalue weighted by molar-refractivity contribution is -0.113. The Labute approximate surface area is 210 Å². The Morgan fingerprint density at radius 1 is 1.19 bits per heavy atom. The Balaban J connectivity index is 1.08. The molecule has 11 heteroatoms. The minimum Gasteiger partial charge on any atom is -0.444 e. The van der Waals surface area contributed by atoms with Crippen LogP contribution in [0.5, 0.6) is 0 Å². The third kappa shape index (κ3) is 3.82. The van der Waals surface area contributed by atoms with Crippen molar-refractivity contribution in [1.82, 2.24) is 14.9 Å². The molecule has 0 radical (unpaired) electrons. The van der Waals surface area contributed by atoms with Crippen molar-refractivity contribution in [3.05, 3.63) is 58.1 Å². The molecule has 6 rings (SSSR count). The molecule has 0 spiro atoms. The predicted molar refractivity (Wildman–Crippen MR) is 134 cm³/mol. The molecule has 2 amide bonds. The van der Waals surface area contributed by atoms with Crippen LogP contribution in [-0.4, -0.2) is 46.5 Å². The molecule has 3 atom stereocenters. The average Bonchev–Trinajstić information content (AvgIpc) is 3.38. The molecular formula is C25H24FN5O4S. The summed E-state index contributed by atoms with van der Waals surface area (Å²) in [6, 6.07) is 9.46. The normalized spacial score (nSPS) is 22.6. The lowest BCUT2D eigenvalue weighted by Crippen LogP contribution is -2.30. The van der Waals surface area contributed by atoms with E-state index in [4.69, 9.17) is 4.74 Å². The largest absolute Gasteiger partial charge is 0.444 e. The summed E-state index contributed by atoms with van der Waals surface area (Å²) in [5, 5.41) is 6.99. The number of nitrogens with one attached hydrogen (secondary N) is 2. The van der Waals surface area contributed by atoms with Crippen LogP contribution in [0.4, 0.5) is 20.8 Å². The smallest absolute Gasteiger partial charge is 0.415 e. The van der Waals surface area contributed by atoms with Crippen molar-refractivity contribution in [3.63, 3.8) is 0 Å². The number of pyridine rings is 2. The third-order valence-electron chi connectivity index (χ3n) is 6.96. The molecule has 5 heterocycles. The second kappa shape index (κ2) is 8.90. The summed E-state index contributed by atoms with van der Waals surface area (Å²) in [5.41, 5.74) is 1.04. The fraction of sp³-hybridized carbons (Fsp3) is 0.360. The van der Waals surface area contributed by atoms with E-state index in [9.17, 15) is 18.8 Å². The molecule has 3 aromatic rings. The van der Waals surface area contributed by atoms with Crippen molar-refractivity contribution in [3.8, 4) is 0 Å². The molecular weight excluding hydrogens is 485 g/mol. The van der Waals surface area contributed by atoms with Gasteiger partial charge in [-0.15, -0.1) is 11.8 Å². The molecule has 1 fully saturated rings. The van der Waals surface area contributed by atoms with Crippen LogP contribution in [0, 0.1) is 5.82 Å². The minimum absolute atomic E-state index is 0.118. The first kappa shape index (κ1) is 23.0. The van der Waals surface area contributed by atoms with Crippen molar-refractivity contribution in [2.24, 2.45) is 0 Å². The molecule has 1 aromatic carbocycles. The number of carbonyl (C=O) groups is 2. The molecule has 36 heavy (non-hydrogen) atoms. The zero-order valence-corrected chi connectivity index (χ0v) is 20.3. The van der Waals surface area contributed by atoms with Gasteiger partial charge in [0.2, 0.25) is 5.91 Å². The Morgan fingerprint density at radius 3 is 2.89 bits per heavy atom. The molecule has 9 nitrogen and oxygen atoms in total. The zero-order valence-electron chi connectivity index (χ0n) is 19.5. The maximum absolute atomic E-state index is 14.8. The summed E-state index contributed by atoms with van der Waals surface area (Å²) in [7, 11) is 0. The van der Waals surface area contributed by atoms with E-state index in [1.165, 1.54) is 28.8 Å². The highest BCUT2D eigenvalue weighted by molar-refractivity contribution is 8.00. The number of aromatic nitrogens is 2. The summed E-state index contributed by atoms with van der Waals surface area (Å²) in [6.07, 6.45) is 0.542. The van der Waals surface area contributed by atoms with E-state index in [0.29, 0.717) is 54.4 Å². The Morgan fingerprint density at radius 2 is 2.03 bits per heavy atom. The van der Waals surface area contributed by atoms with Gasteiger partial charge in [0.1, 0.15) is 23.6 Å². The SMILES string of the molecule is C[C@@H]1[C@@H](NCCC[C@@H]2CN(c3ccc4c(n3)NC(=O)CS4)C(=O)O2)c2c(F)ccc3ccc(=O)n1c23. The Hall–Kier alpha value is -3.44. The maximum atomic E-state index is 14.8. The number of thioether (sulfide) groups is 1. The first-order valence-electron chi connectivity index (χ1n) is 11.9. The van der Waals surface area contributed by atoms with Crippen LogP contribution in [0.3, 0.4) is 0 Å². The number of amides is 2. The van der Waals surface area contributed by atoms with Crippen molar-refractivity contribution in [1.29, 1.82) is 0 Å². The monoisotopic (exact) mass is 509 g/mol. The van der Waals surface area contributed by atoms with Gasteiger partial charge in [-0.2, -0.15) is 0 Å². The van der Waals surface area contributed by atoms with Gasteiger partial charge in [-0.25, -0.2) is 14.2 Å². The number of rotatable bonds is 6. The summed E-state index contributed by atoms with van der Waals surface area (Å²) in [4.78, 5) is 43.4. The second-order valence-corrected chi connectivity index (χ2v) is 10.2. The van der Waals surface area contributed by atoms with Crippen LogP contribution in [0.1, 0.15) is 37.4 Å². The fourth-order valence-electron chi connectivity index (χ4n) is 5.27. The molecule has 3 aliphatic heterocycles. The van der Waals surface area contributed by atoms with Gasteiger partial charge in [0.05, 0.1) is 34.8 Å². The zero-order chi connectivity index (χ0) is 25.0. The van der Waals surface area contributed by atoms with E-state index in [2.05, 4.69) is 15.6 Å². The van der Waals surface area contributed by atoms with Gasteiger partial charge in [-0.05, 0) is 62.0 Å². The molecule has 186 valence electrons. The van der Waals surface area contributed by atoms with Gasteiger partial charge in [0, 0.05) is 11.6 Å². The molecule has 3 aliphatic rings. The van der Waals surface area contributed by atoms with Crippen LogP contribution in [-0.2, 0) is 9.53 Å². The highest BCUT2D eigenvalue weighted by atomic mass is 32.2. The van der Waals surface area contributed by atoms with Crippen LogP contribution in [0.2, 0.25) is 0 Å². The molecule has 2 aromatic heterocycles. The molecule has 2 N–H and O–H groups in total. The van der Waals surface area contributed by atoms with E-state index in [1.54, 1.807) is 22.8 Å². The molecule has 0 saturated carbocycles. The molecule has 1 saturated heterocycles. The predicted octanol–water partition coefficient (Wildman–Crippen LogP) is 3.59. The number of hydrogen-bond donors (Lipinski definition) is 2. The van der Waals surface area contributed by atoms with Crippen LogP contribution in [0.25, 0.3) is 10.9 Å². The van der Waals surface area contributed by atoms with E-state index >= 15 is 0 Å². The van der Waals surface area contributed by atoms with E-state index in [-0.39, 0.29) is 35.5 Å². The van der Waals surface area contributed by atoms with Gasteiger partial charge in [0.15, 0.2) is 0 Å². The van der Waals surface area contributed by atoms with Crippen LogP contribution >= 0.6 is 11.8 Å². The van der Waals surface area contributed by atoms with E-state index in [1.807, 2.05) is 13.0 Å². The van der Waals surface area contributed by atoms with E-state index < -0.39 is 6.09 Å². The fourth-order valence-corrected chi connectivity index (χ4v) is 6.02. The number of anilines is 2. The molecule has 0 bridgehead atoms. The van der Waals surface area contributed by atoms with Gasteiger partial charge >= 0.3 is 6.09 Å². The number of ether oxygens (including phenoxy) is 1. The summed E-state index contributed by atoms with van der Waals surface area (Å²) in [6.45, 7) is 2.85. The number of benzene rings is 1. The maximum Gasteiger partial charge on any atom is 0.415 e. The topological polar surface area (TPSA) is 106 Å². The lowest BCUT2D eigenvalue weighted by atomic mass is 10.0. The second-order valence-electron chi connectivity index (χ2n) is 9.22. The van der Waals surface area contributed by atoms with Gasteiger partial charge < -0.3 is 19.9 Å². The molecule has 0 unspecified atom stereocenters. The van der Waals surface area contributed by atoms with Gasteiger partial charge in [0.25, 0.3) is 5.56 Å². The first-order chi connectivity index (χ1) is 17.4. The quantitative estimate of drug-likeness (QED) is 0.489. The third-order valence-corrected chi connectivity index (χ3v) is 8.00. The number of nitrogens with zero attached hydrogens (tertiary/aromatic N) is 3. The summed E-state index contributed by atoms with van der Waals surface area (Å²) >= 11 is 1.41. The van der Waals surface area contributed by atoms with E-state index in [0.717, 1.165) is 10.3 Å². The number of fused-ring (bicyclic) bond motifs is 1. The number of carbonyl (C=O) groups excluding carboxylic acids is 2. The van der Waals surface area contributed by atoms with Crippen molar-refractivity contribution < 1.29 is 18.7 Å². The summed E-state index contributed by atoms with van der Waals surface area (Å²) in [5.74, 6) is 0.805. The number of hydrogen-bond acceptors (Lipinski definition) is 7. The highest BCUT2D eigenvalue weighted by Gasteiger charge is 2.35. The number of cyclic esters (lactones) is 1. The van der Waals surface area contributed by atoms with Gasteiger partial charge in [-0.3, -0.25) is 14.5 Å². The molecule has 0 aliphatic carbocycles. The summed E-state index contributed by atoms with van der Waals surface area (Å²) < 4.78 is 22.0. The average molecular weight is 510 g/mol. The van der Waals surface area contributed by atoms with Crippen LogP contribution in [0.15, 0.2) is 46.1 Å². The first-order valence-corrected chi connectivity index (χ1v) is 12.9. The lowest BCUT2D eigenvalue weighted by Gasteiger charge is -2.20. The van der Waals surface area contributed by atoms with Crippen molar-refractivity contribution >= 4 is 46.3 Å². The van der Waals surface area contributed by atoms with Crippen molar-refractivity contribution in [2.45, 2.75) is 42.8 Å². The van der Waals surface area contributed by atoms with Crippen molar-refractivity contribution in [2.75, 3.05) is 29.1 Å². The Bertz CT molecular complexity index is 1460. The standard InChI is InChI=1S/C25H24FN5O4S/c1-13-22(21-16(26)6-4-14-5-9-20(33)31(13)23(14)21)27-10-2-3-15-11-30(25(34)35-15)18-8-7-17-24(28-18)29-19(32)12-36-17/h4-9,13,15,22,27H,2-3,10-12H2,1H3,(H,28,29,32)/t13-,15-,22-/m1/s1.